The number of ether oxygens (including phenoxy) is 11. The number of esters is 9. The van der Waals surface area contributed by atoms with E-state index >= 15 is 0 Å². The molecule has 0 unspecified atom stereocenters. The summed E-state index contributed by atoms with van der Waals surface area (Å²) >= 11 is 0. The van der Waals surface area contributed by atoms with E-state index in [1.165, 1.54) is 0 Å². The predicted molar refractivity (Wildman–Crippen MR) is 201 cm³/mol. The maximum atomic E-state index is 13.7. The molecule has 2 rings (SSSR count). The molecule has 2 fully saturated rings. The van der Waals surface area contributed by atoms with Crippen LogP contribution in [0.5, 0.6) is 0 Å². The number of rotatable bonds is 22. The van der Waals surface area contributed by atoms with Gasteiger partial charge in [-0.15, -0.1) is 0 Å². The van der Waals surface area contributed by atoms with Crippen LogP contribution in [0.15, 0.2) is 0 Å². The topological polar surface area (TPSA) is 255 Å². The van der Waals surface area contributed by atoms with Crippen LogP contribution in [0, 0.1) is 0 Å². The van der Waals surface area contributed by atoms with Gasteiger partial charge >= 0.3 is 53.7 Å². The van der Waals surface area contributed by atoms with Crippen molar-refractivity contribution in [2.24, 2.45) is 0 Å². The molecule has 0 amide bonds. The van der Waals surface area contributed by atoms with Gasteiger partial charge in [-0.2, -0.15) is 0 Å². The minimum atomic E-state index is -1.96. The van der Waals surface area contributed by atoms with Crippen molar-refractivity contribution in [3.63, 3.8) is 0 Å². The van der Waals surface area contributed by atoms with Crippen LogP contribution >= 0.6 is 0 Å². The quantitative estimate of drug-likeness (QED) is 0.0861. The Morgan fingerprint density at radius 1 is 0.383 bits per heavy atom. The Kier molecular flexibility index (Phi) is 22.0. The van der Waals surface area contributed by atoms with Crippen molar-refractivity contribution < 1.29 is 95.3 Å². The van der Waals surface area contributed by atoms with Crippen molar-refractivity contribution in [1.29, 1.82) is 0 Å². The molecule has 60 heavy (non-hydrogen) atoms. The molecular formula is C40H60O20. The van der Waals surface area contributed by atoms with Gasteiger partial charge in [0.15, 0.2) is 55.1 Å². The van der Waals surface area contributed by atoms with E-state index in [9.17, 15) is 43.2 Å². The Morgan fingerprint density at radius 3 is 1.12 bits per heavy atom. The molecule has 1 saturated heterocycles. The third-order valence-electron chi connectivity index (χ3n) is 9.14. The van der Waals surface area contributed by atoms with Crippen LogP contribution in [0.25, 0.3) is 0 Å². The van der Waals surface area contributed by atoms with Gasteiger partial charge in [-0.05, 0) is 6.42 Å². The molecule has 0 aromatic carbocycles. The van der Waals surface area contributed by atoms with E-state index < -0.39 is 128 Å². The predicted octanol–water partition coefficient (Wildman–Crippen LogP) is 3.03. The monoisotopic (exact) mass is 860 g/mol. The molecule has 2 aliphatic rings. The van der Waals surface area contributed by atoms with Crippen LogP contribution < -0.4 is 0 Å². The second kappa shape index (κ2) is 25.7. The molecule has 20 heteroatoms. The van der Waals surface area contributed by atoms with E-state index in [-0.39, 0.29) is 6.42 Å². The average molecular weight is 861 g/mol. The molecule has 1 aliphatic heterocycles. The van der Waals surface area contributed by atoms with E-state index in [0.29, 0.717) is 12.8 Å². The fraction of sp³-hybridized carbons (Fsp3) is 0.775. The Hall–Kier alpha value is -4.85. The summed E-state index contributed by atoms with van der Waals surface area (Å²) in [6.45, 7) is 9.57. The highest BCUT2D eigenvalue weighted by Gasteiger charge is 2.62. The number of hydrogen-bond acceptors (Lipinski definition) is 20. The Morgan fingerprint density at radius 2 is 0.717 bits per heavy atom. The zero-order valence-corrected chi connectivity index (χ0v) is 35.8. The molecule has 11 atom stereocenters. The lowest BCUT2D eigenvalue weighted by molar-refractivity contribution is -0.343. The SMILES string of the molecule is CCCCCCCCCCCC(=O)O[C@@H]1[C@H](OC(C)=O)[C@@H](OC(C)=O)[C@H](OC(C)=O)[C@@H](OC(C)=O)[C@@H]1O[C@@H]1O[C@H](COC(C)=O)[C@@H](OC(C)=O)[C@H](OC(C)=O)[C@@H]1OC(C)=O. The van der Waals surface area contributed by atoms with Gasteiger partial charge in [0, 0.05) is 61.8 Å². The number of carbonyl (C=O) groups is 9. The molecule has 1 heterocycles. The zero-order valence-electron chi connectivity index (χ0n) is 35.8. The van der Waals surface area contributed by atoms with Gasteiger partial charge in [0.2, 0.25) is 0 Å². The van der Waals surface area contributed by atoms with Crippen LogP contribution in [-0.4, -0.2) is 128 Å². The molecule has 1 saturated carbocycles. The molecular weight excluding hydrogens is 800 g/mol. The summed E-state index contributed by atoms with van der Waals surface area (Å²) in [6, 6.07) is 0. The van der Waals surface area contributed by atoms with Crippen molar-refractivity contribution in [3.05, 3.63) is 0 Å². The van der Waals surface area contributed by atoms with Gasteiger partial charge in [-0.25, -0.2) is 0 Å². The van der Waals surface area contributed by atoms with Crippen molar-refractivity contribution in [1.82, 2.24) is 0 Å². The fourth-order valence-corrected chi connectivity index (χ4v) is 6.96. The first-order chi connectivity index (χ1) is 28.2. The summed E-state index contributed by atoms with van der Waals surface area (Å²) in [7, 11) is 0. The van der Waals surface area contributed by atoms with Gasteiger partial charge < -0.3 is 52.1 Å². The van der Waals surface area contributed by atoms with Gasteiger partial charge in [0.1, 0.15) is 18.8 Å². The molecule has 0 radical (unpaired) electrons. The number of unbranched alkanes of at least 4 members (excludes halogenated alkanes) is 8. The Balaban J connectivity index is 2.77. The van der Waals surface area contributed by atoms with Gasteiger partial charge in [0.25, 0.3) is 0 Å². The summed E-state index contributed by atoms with van der Waals surface area (Å²) in [5.74, 6) is -8.40. The first-order valence-electron chi connectivity index (χ1n) is 20.1. The fourth-order valence-electron chi connectivity index (χ4n) is 6.96. The molecule has 0 aromatic rings. The Labute approximate surface area is 349 Å². The molecule has 340 valence electrons. The first kappa shape index (κ1) is 51.3. The van der Waals surface area contributed by atoms with Gasteiger partial charge in [-0.3, -0.25) is 43.2 Å². The normalized spacial score (nSPS) is 27.2. The van der Waals surface area contributed by atoms with E-state index in [1.807, 2.05) is 0 Å². The molecule has 20 nitrogen and oxygen atoms in total. The summed E-state index contributed by atoms with van der Waals surface area (Å²) in [5.41, 5.74) is 0. The lowest BCUT2D eigenvalue weighted by Gasteiger charge is -2.50. The summed E-state index contributed by atoms with van der Waals surface area (Å²) < 4.78 is 62.3. The lowest BCUT2D eigenvalue weighted by atomic mass is 9.83. The summed E-state index contributed by atoms with van der Waals surface area (Å²) in [4.78, 5) is 113. The molecule has 0 bridgehead atoms. The molecule has 1 aliphatic carbocycles. The minimum Gasteiger partial charge on any atom is -0.463 e. The highest BCUT2D eigenvalue weighted by atomic mass is 16.8. The highest BCUT2D eigenvalue weighted by Crippen LogP contribution is 2.38. The Bertz CT molecular complexity index is 1490. The van der Waals surface area contributed by atoms with Crippen LogP contribution in [0.2, 0.25) is 0 Å². The summed E-state index contributed by atoms with van der Waals surface area (Å²) in [5, 5.41) is 0. The smallest absolute Gasteiger partial charge is 0.306 e. The van der Waals surface area contributed by atoms with Crippen LogP contribution in [0.1, 0.15) is 127 Å². The van der Waals surface area contributed by atoms with E-state index in [1.54, 1.807) is 0 Å². The third-order valence-corrected chi connectivity index (χ3v) is 9.14. The van der Waals surface area contributed by atoms with Crippen molar-refractivity contribution in [3.8, 4) is 0 Å². The highest BCUT2D eigenvalue weighted by molar-refractivity contribution is 5.72. The second-order valence-electron chi connectivity index (χ2n) is 14.5. The van der Waals surface area contributed by atoms with Gasteiger partial charge in [0.05, 0.1) is 0 Å². The van der Waals surface area contributed by atoms with E-state index in [0.717, 1.165) is 100 Å². The van der Waals surface area contributed by atoms with E-state index in [4.69, 9.17) is 52.1 Å². The standard InChI is InChI=1S/C40H60O20/c1-10-11-12-13-14-15-16-17-18-19-30(49)59-37-35(55-26(7)46)33(53-24(5)44)34(54-25(6)45)36(56-27(8)47)38(37)60-40-39(57-28(9)48)32(52-23(4)43)31(51-22(3)42)29(58-40)20-50-21(2)41/h29,31-40H,10-20H2,1-9H3/t29-,31-,32+,33+,34+,35-,36-,37-,38+,39+,40+/m1/s1. The largest absolute Gasteiger partial charge is 0.463 e. The average Bonchev–Trinajstić information content (AvgIpc) is 3.12. The minimum absolute atomic E-state index is 0.144. The first-order valence-corrected chi connectivity index (χ1v) is 20.1. The number of hydrogen-bond donors (Lipinski definition) is 0. The summed E-state index contributed by atoms with van der Waals surface area (Å²) in [6.07, 6.45) is -11.3. The van der Waals surface area contributed by atoms with Crippen molar-refractivity contribution in [2.45, 2.75) is 194 Å². The van der Waals surface area contributed by atoms with Crippen molar-refractivity contribution >= 4 is 53.7 Å². The van der Waals surface area contributed by atoms with Crippen molar-refractivity contribution in [2.75, 3.05) is 6.61 Å². The third kappa shape index (κ3) is 17.4. The van der Waals surface area contributed by atoms with Crippen LogP contribution in [0.4, 0.5) is 0 Å². The molecule has 0 spiro atoms. The maximum Gasteiger partial charge on any atom is 0.306 e. The van der Waals surface area contributed by atoms with Crippen LogP contribution in [0.3, 0.4) is 0 Å². The zero-order chi connectivity index (χ0) is 45.1. The number of carbonyl (C=O) groups excluding carboxylic acids is 9. The molecule has 0 N–H and O–H groups in total. The molecule has 0 aromatic heterocycles. The van der Waals surface area contributed by atoms with E-state index in [2.05, 4.69) is 6.92 Å². The van der Waals surface area contributed by atoms with Crippen LogP contribution in [-0.2, 0) is 95.3 Å². The second-order valence-corrected chi connectivity index (χ2v) is 14.5. The maximum absolute atomic E-state index is 13.7. The lowest BCUT2D eigenvalue weighted by Crippen LogP contribution is -2.70. The van der Waals surface area contributed by atoms with Gasteiger partial charge in [-0.1, -0.05) is 58.3 Å².